The number of benzene rings is 1. The molecular weight excluding hydrogens is 310 g/mol. The molecule has 0 aliphatic carbocycles. The molecule has 3 aliphatic heterocycles. The molecule has 3 heterocycles. The number of likely N-dealkylation sites (N-methyl/N-ethyl adjacent to an activating group) is 1. The highest BCUT2D eigenvalue weighted by molar-refractivity contribution is 5.97. The SMILES string of the molecule is CN1CCN(CC2=NNC(c3ccc(N4CCCC4)cc3)C=C2)CC1. The number of hydrazone groups is 1. The minimum Gasteiger partial charge on any atom is -0.372 e. The van der Waals surface area contributed by atoms with E-state index in [9.17, 15) is 0 Å². The molecule has 4 rings (SSSR count). The van der Waals surface area contributed by atoms with Gasteiger partial charge in [0.2, 0.25) is 0 Å². The first kappa shape index (κ1) is 16.6. The molecule has 0 bridgehead atoms. The number of hydrogen-bond acceptors (Lipinski definition) is 5. The van der Waals surface area contributed by atoms with E-state index >= 15 is 0 Å². The van der Waals surface area contributed by atoms with E-state index in [2.05, 4.69) is 68.7 Å². The van der Waals surface area contributed by atoms with Crippen molar-refractivity contribution in [1.82, 2.24) is 15.2 Å². The van der Waals surface area contributed by atoms with E-state index in [0.29, 0.717) is 0 Å². The van der Waals surface area contributed by atoms with E-state index in [1.807, 2.05) is 0 Å². The van der Waals surface area contributed by atoms with Gasteiger partial charge in [-0.2, -0.15) is 5.10 Å². The van der Waals surface area contributed by atoms with Crippen molar-refractivity contribution >= 4 is 11.4 Å². The van der Waals surface area contributed by atoms with E-state index in [1.165, 1.54) is 37.2 Å². The zero-order chi connectivity index (χ0) is 17.1. The van der Waals surface area contributed by atoms with Crippen LogP contribution in [-0.4, -0.2) is 68.4 Å². The fourth-order valence-corrected chi connectivity index (χ4v) is 3.82. The number of rotatable bonds is 4. The maximum atomic E-state index is 4.61. The maximum absolute atomic E-state index is 4.61. The fraction of sp³-hybridized carbons (Fsp3) is 0.550. The van der Waals surface area contributed by atoms with Crippen LogP contribution in [0.25, 0.3) is 0 Å². The summed E-state index contributed by atoms with van der Waals surface area (Å²) >= 11 is 0. The average Bonchev–Trinajstić information content (AvgIpc) is 3.19. The number of nitrogens with zero attached hydrogens (tertiary/aromatic N) is 4. The summed E-state index contributed by atoms with van der Waals surface area (Å²) in [5.41, 5.74) is 7.08. The van der Waals surface area contributed by atoms with Gasteiger partial charge >= 0.3 is 0 Å². The molecule has 5 heteroatoms. The predicted molar refractivity (Wildman–Crippen MR) is 104 cm³/mol. The van der Waals surface area contributed by atoms with Gasteiger partial charge in [-0.05, 0) is 43.7 Å². The molecule has 1 aromatic carbocycles. The lowest BCUT2D eigenvalue weighted by molar-refractivity contribution is 0.170. The Morgan fingerprint density at radius 2 is 1.72 bits per heavy atom. The second kappa shape index (κ2) is 7.58. The molecule has 0 spiro atoms. The number of nitrogens with one attached hydrogen (secondary N) is 1. The van der Waals surface area contributed by atoms with Crippen LogP contribution in [0.3, 0.4) is 0 Å². The first-order valence-corrected chi connectivity index (χ1v) is 9.54. The Kier molecular flexibility index (Phi) is 5.04. The number of anilines is 1. The van der Waals surface area contributed by atoms with Gasteiger partial charge in [-0.25, -0.2) is 0 Å². The summed E-state index contributed by atoms with van der Waals surface area (Å²) in [6, 6.07) is 9.15. The summed E-state index contributed by atoms with van der Waals surface area (Å²) in [7, 11) is 2.19. The molecule has 1 atom stereocenters. The van der Waals surface area contributed by atoms with E-state index in [4.69, 9.17) is 0 Å². The molecule has 25 heavy (non-hydrogen) atoms. The second-order valence-electron chi connectivity index (χ2n) is 7.43. The van der Waals surface area contributed by atoms with Crippen LogP contribution < -0.4 is 10.3 Å². The van der Waals surface area contributed by atoms with Crippen LogP contribution in [0.15, 0.2) is 41.5 Å². The molecule has 0 radical (unpaired) electrons. The molecule has 1 N–H and O–H groups in total. The zero-order valence-electron chi connectivity index (χ0n) is 15.2. The lowest BCUT2D eigenvalue weighted by Crippen LogP contribution is -2.46. The Bertz CT molecular complexity index is 622. The van der Waals surface area contributed by atoms with E-state index in [1.54, 1.807) is 0 Å². The smallest absolute Gasteiger partial charge is 0.0874 e. The van der Waals surface area contributed by atoms with Gasteiger partial charge in [-0.15, -0.1) is 0 Å². The topological polar surface area (TPSA) is 34.1 Å². The van der Waals surface area contributed by atoms with Crippen molar-refractivity contribution in [2.24, 2.45) is 5.10 Å². The maximum Gasteiger partial charge on any atom is 0.0874 e. The molecule has 5 nitrogen and oxygen atoms in total. The highest BCUT2D eigenvalue weighted by Gasteiger charge is 2.18. The minimum absolute atomic E-state index is 0.184. The van der Waals surface area contributed by atoms with Crippen LogP contribution in [0.5, 0.6) is 0 Å². The van der Waals surface area contributed by atoms with Crippen molar-refractivity contribution in [3.63, 3.8) is 0 Å². The van der Waals surface area contributed by atoms with Gasteiger partial charge in [-0.1, -0.05) is 18.2 Å². The molecule has 0 amide bonds. The van der Waals surface area contributed by atoms with Gasteiger partial charge in [0.25, 0.3) is 0 Å². The fourth-order valence-electron chi connectivity index (χ4n) is 3.82. The van der Waals surface area contributed by atoms with Crippen LogP contribution in [0.2, 0.25) is 0 Å². The third-order valence-corrected chi connectivity index (χ3v) is 5.53. The Labute approximate surface area is 151 Å². The van der Waals surface area contributed by atoms with Crippen LogP contribution in [0.1, 0.15) is 24.4 Å². The first-order chi connectivity index (χ1) is 12.3. The van der Waals surface area contributed by atoms with Crippen molar-refractivity contribution in [1.29, 1.82) is 0 Å². The number of hydrogen-bond donors (Lipinski definition) is 1. The van der Waals surface area contributed by atoms with Crippen molar-refractivity contribution < 1.29 is 0 Å². The first-order valence-electron chi connectivity index (χ1n) is 9.54. The van der Waals surface area contributed by atoms with Crippen molar-refractivity contribution in [2.75, 3.05) is 57.8 Å². The third kappa shape index (κ3) is 4.05. The summed E-state index contributed by atoms with van der Waals surface area (Å²) < 4.78 is 0. The largest absolute Gasteiger partial charge is 0.372 e. The van der Waals surface area contributed by atoms with Gasteiger partial charge in [0.1, 0.15) is 0 Å². The van der Waals surface area contributed by atoms with Gasteiger partial charge in [0, 0.05) is 51.5 Å². The molecule has 134 valence electrons. The lowest BCUT2D eigenvalue weighted by Gasteiger charge is -2.32. The van der Waals surface area contributed by atoms with E-state index in [-0.39, 0.29) is 6.04 Å². The highest BCUT2D eigenvalue weighted by Crippen LogP contribution is 2.24. The normalized spacial score (nSPS) is 25.1. The van der Waals surface area contributed by atoms with Crippen molar-refractivity contribution in [3.8, 4) is 0 Å². The Hall–Kier alpha value is -1.85. The molecular formula is C20H29N5. The van der Waals surface area contributed by atoms with Crippen molar-refractivity contribution in [3.05, 3.63) is 42.0 Å². The second-order valence-corrected chi connectivity index (χ2v) is 7.43. The summed E-state index contributed by atoms with van der Waals surface area (Å²) in [6.07, 6.45) is 7.07. The molecule has 2 fully saturated rings. The molecule has 1 unspecified atom stereocenters. The quantitative estimate of drug-likeness (QED) is 0.911. The van der Waals surface area contributed by atoms with Crippen LogP contribution >= 0.6 is 0 Å². The summed E-state index contributed by atoms with van der Waals surface area (Å²) in [4.78, 5) is 7.34. The van der Waals surface area contributed by atoms with Gasteiger partial charge in [0.05, 0.1) is 11.8 Å². The van der Waals surface area contributed by atoms with Gasteiger partial charge < -0.3 is 9.80 Å². The molecule has 2 saturated heterocycles. The average molecular weight is 339 g/mol. The summed E-state index contributed by atoms with van der Waals surface area (Å²) in [6.45, 7) is 7.89. The molecule has 3 aliphatic rings. The third-order valence-electron chi connectivity index (χ3n) is 5.53. The summed E-state index contributed by atoms with van der Waals surface area (Å²) in [5, 5.41) is 4.61. The van der Waals surface area contributed by atoms with Gasteiger partial charge in [-0.3, -0.25) is 10.3 Å². The van der Waals surface area contributed by atoms with Crippen LogP contribution in [0.4, 0.5) is 5.69 Å². The molecule has 0 aromatic heterocycles. The van der Waals surface area contributed by atoms with Crippen LogP contribution in [-0.2, 0) is 0 Å². The summed E-state index contributed by atoms with van der Waals surface area (Å²) in [5.74, 6) is 0. The zero-order valence-corrected chi connectivity index (χ0v) is 15.2. The Morgan fingerprint density at radius 3 is 2.36 bits per heavy atom. The monoisotopic (exact) mass is 339 g/mol. The van der Waals surface area contributed by atoms with E-state index < -0.39 is 0 Å². The van der Waals surface area contributed by atoms with Crippen LogP contribution in [0, 0.1) is 0 Å². The molecule has 0 saturated carbocycles. The molecule has 1 aromatic rings. The number of piperazine rings is 1. The highest BCUT2D eigenvalue weighted by atomic mass is 15.3. The predicted octanol–water partition coefficient (Wildman–Crippen LogP) is 2.09. The minimum atomic E-state index is 0.184. The van der Waals surface area contributed by atoms with E-state index in [0.717, 1.165) is 38.4 Å². The van der Waals surface area contributed by atoms with Gasteiger partial charge in [0.15, 0.2) is 0 Å². The Balaban J connectivity index is 1.32. The standard InChI is InChI=1S/C20H29N5/c1-23-12-14-24(15-13-23)16-18-6-9-20(22-21-18)17-4-7-19(8-5-17)25-10-2-3-11-25/h4-9,20,22H,2-3,10-16H2,1H3. The van der Waals surface area contributed by atoms with Crippen molar-refractivity contribution in [2.45, 2.75) is 18.9 Å². The Morgan fingerprint density at radius 1 is 1.00 bits per heavy atom. The lowest BCUT2D eigenvalue weighted by atomic mass is 10.0.